The molecule has 1 fully saturated rings. The molecule has 2 heterocycles. The summed E-state index contributed by atoms with van der Waals surface area (Å²) in [4.78, 5) is 2.25. The lowest BCUT2D eigenvalue weighted by Gasteiger charge is -2.38. The third-order valence-corrected chi connectivity index (χ3v) is 3.43. The van der Waals surface area contributed by atoms with Crippen molar-refractivity contribution >= 4 is 11.0 Å². The van der Waals surface area contributed by atoms with Gasteiger partial charge in [0.05, 0.1) is 6.04 Å². The lowest BCUT2D eigenvalue weighted by Crippen LogP contribution is -2.47. The molecule has 1 aliphatic rings. The third-order valence-electron chi connectivity index (χ3n) is 3.43. The molecule has 5 nitrogen and oxygen atoms in total. The normalized spacial score (nSPS) is 16.7. The smallest absolute Gasteiger partial charge is 0.143 e. The monoisotopic (exact) mass is 245 g/mol. The molecule has 0 saturated carbocycles. The van der Waals surface area contributed by atoms with E-state index in [0.29, 0.717) is 11.0 Å². The van der Waals surface area contributed by atoms with Gasteiger partial charge in [-0.15, -0.1) is 5.10 Å². The Morgan fingerprint density at radius 1 is 1.50 bits per heavy atom. The minimum absolute atomic E-state index is 0.0347. The maximum absolute atomic E-state index is 13.6. The summed E-state index contributed by atoms with van der Waals surface area (Å²) < 4.78 is 15.3. The van der Waals surface area contributed by atoms with E-state index in [0.717, 1.165) is 19.6 Å². The van der Waals surface area contributed by atoms with E-state index >= 15 is 0 Å². The number of halogens is 1. The topological polar surface area (TPSA) is 57.7 Å². The van der Waals surface area contributed by atoms with E-state index in [4.69, 9.17) is 5.26 Å². The van der Waals surface area contributed by atoms with E-state index in [2.05, 4.69) is 22.1 Å². The number of aromatic nitrogens is 3. The Balaban J connectivity index is 2.09. The van der Waals surface area contributed by atoms with Crippen molar-refractivity contribution < 1.29 is 4.39 Å². The van der Waals surface area contributed by atoms with Crippen LogP contribution in [0, 0.1) is 17.1 Å². The zero-order chi connectivity index (χ0) is 12.7. The highest BCUT2D eigenvalue weighted by atomic mass is 19.1. The summed E-state index contributed by atoms with van der Waals surface area (Å²) in [5, 5.41) is 17.1. The fourth-order valence-corrected chi connectivity index (χ4v) is 2.33. The summed E-state index contributed by atoms with van der Waals surface area (Å²) in [5.74, 6) is -0.514. The maximum atomic E-state index is 13.6. The van der Waals surface area contributed by atoms with E-state index in [9.17, 15) is 4.39 Å². The zero-order valence-electron chi connectivity index (χ0n) is 9.97. The molecule has 92 valence electrons. The summed E-state index contributed by atoms with van der Waals surface area (Å²) in [6.07, 6.45) is 0. The largest absolute Gasteiger partial charge is 0.299 e. The summed E-state index contributed by atoms with van der Waals surface area (Å²) in [5.41, 5.74) is 1.12. The molecule has 1 aromatic carbocycles. The fourth-order valence-electron chi connectivity index (χ4n) is 2.33. The molecule has 1 aromatic heterocycles. The first-order chi connectivity index (χ1) is 8.74. The van der Waals surface area contributed by atoms with Crippen LogP contribution in [0.25, 0.3) is 11.0 Å². The predicted octanol–water partition coefficient (Wildman–Crippen LogP) is 1.32. The number of rotatable bonds is 2. The molecule has 1 aliphatic heterocycles. The molecule has 0 N–H and O–H groups in total. The first-order valence-electron chi connectivity index (χ1n) is 5.90. The van der Waals surface area contributed by atoms with Crippen molar-refractivity contribution in [1.29, 1.82) is 5.26 Å². The average molecular weight is 245 g/mol. The molecule has 0 bridgehead atoms. The van der Waals surface area contributed by atoms with Crippen LogP contribution >= 0.6 is 0 Å². The number of nitrogens with zero attached hydrogens (tertiary/aromatic N) is 5. The number of likely N-dealkylation sites (tertiary alicyclic amines) is 1. The summed E-state index contributed by atoms with van der Waals surface area (Å²) in [6, 6.07) is 4.91. The number of likely N-dealkylation sites (N-methyl/N-ethyl adjacent to an activating group) is 1. The highest BCUT2D eigenvalue weighted by Crippen LogP contribution is 2.26. The molecular formula is C12H12FN5. The Hall–Kier alpha value is -2.00. The van der Waals surface area contributed by atoms with Crippen LogP contribution in [0.1, 0.15) is 18.5 Å². The Kier molecular flexibility index (Phi) is 2.49. The van der Waals surface area contributed by atoms with Crippen LogP contribution in [0.3, 0.4) is 0 Å². The molecule has 6 heteroatoms. The van der Waals surface area contributed by atoms with Crippen LogP contribution in [-0.4, -0.2) is 39.5 Å². The highest BCUT2D eigenvalue weighted by Gasteiger charge is 2.30. The van der Waals surface area contributed by atoms with Crippen LogP contribution in [0.15, 0.2) is 12.1 Å². The Morgan fingerprint density at radius 3 is 2.94 bits per heavy atom. The molecular weight excluding hydrogens is 233 g/mol. The second-order valence-corrected chi connectivity index (χ2v) is 4.44. The second-order valence-electron chi connectivity index (χ2n) is 4.44. The van der Waals surface area contributed by atoms with E-state index < -0.39 is 5.82 Å². The summed E-state index contributed by atoms with van der Waals surface area (Å²) in [6.45, 7) is 4.82. The number of benzene rings is 1. The van der Waals surface area contributed by atoms with Gasteiger partial charge < -0.3 is 0 Å². The maximum Gasteiger partial charge on any atom is 0.143 e. The first kappa shape index (κ1) is 11.1. The fraction of sp³-hybridized carbons (Fsp3) is 0.417. The van der Waals surface area contributed by atoms with Crippen molar-refractivity contribution in [3.05, 3.63) is 23.5 Å². The molecule has 0 spiro atoms. The van der Waals surface area contributed by atoms with E-state index in [1.165, 1.54) is 6.07 Å². The van der Waals surface area contributed by atoms with Crippen molar-refractivity contribution in [2.75, 3.05) is 19.6 Å². The molecule has 0 aliphatic carbocycles. The minimum atomic E-state index is -0.514. The standard InChI is InChI=1S/C12H12FN5/c1-2-17-6-8(7-17)18-12-9(5-14)10(13)3-4-11(12)15-16-18/h3-4,8H,2,6-7H2,1H3. The minimum Gasteiger partial charge on any atom is -0.299 e. The van der Waals surface area contributed by atoms with Gasteiger partial charge in [0, 0.05) is 13.1 Å². The number of hydrogen-bond donors (Lipinski definition) is 0. The first-order valence-corrected chi connectivity index (χ1v) is 5.90. The van der Waals surface area contributed by atoms with Crippen molar-refractivity contribution in [2.45, 2.75) is 13.0 Å². The molecule has 1 saturated heterocycles. The van der Waals surface area contributed by atoms with Gasteiger partial charge >= 0.3 is 0 Å². The summed E-state index contributed by atoms with van der Waals surface area (Å²) >= 11 is 0. The quantitative estimate of drug-likeness (QED) is 0.800. The molecule has 0 radical (unpaired) electrons. The van der Waals surface area contributed by atoms with Crippen molar-refractivity contribution in [2.24, 2.45) is 0 Å². The van der Waals surface area contributed by atoms with Crippen LogP contribution in [0.4, 0.5) is 4.39 Å². The predicted molar refractivity (Wildman–Crippen MR) is 63.4 cm³/mol. The van der Waals surface area contributed by atoms with Crippen LogP contribution in [0.2, 0.25) is 0 Å². The molecule has 0 amide bonds. The van der Waals surface area contributed by atoms with Crippen molar-refractivity contribution in [3.63, 3.8) is 0 Å². The second kappa shape index (κ2) is 4.03. The van der Waals surface area contributed by atoms with Gasteiger partial charge in [-0.25, -0.2) is 9.07 Å². The van der Waals surface area contributed by atoms with Crippen LogP contribution in [-0.2, 0) is 0 Å². The van der Waals surface area contributed by atoms with E-state index in [1.54, 1.807) is 10.7 Å². The molecule has 0 atom stereocenters. The summed E-state index contributed by atoms with van der Waals surface area (Å²) in [7, 11) is 0. The SMILES string of the molecule is CCN1CC(n2nnc3ccc(F)c(C#N)c32)C1. The van der Waals surface area contributed by atoms with Crippen molar-refractivity contribution in [1.82, 2.24) is 19.9 Å². The van der Waals surface area contributed by atoms with Crippen LogP contribution < -0.4 is 0 Å². The van der Waals surface area contributed by atoms with Gasteiger partial charge in [0.1, 0.15) is 28.5 Å². The molecule has 0 unspecified atom stereocenters. The molecule has 2 aromatic rings. The number of hydrogen-bond acceptors (Lipinski definition) is 4. The number of nitriles is 1. The Bertz CT molecular complexity index is 636. The Labute approximate surface area is 103 Å². The lowest BCUT2D eigenvalue weighted by molar-refractivity contribution is 0.107. The average Bonchev–Trinajstić information content (AvgIpc) is 2.72. The van der Waals surface area contributed by atoms with Gasteiger partial charge in [-0.05, 0) is 18.7 Å². The van der Waals surface area contributed by atoms with E-state index in [-0.39, 0.29) is 11.6 Å². The van der Waals surface area contributed by atoms with Gasteiger partial charge in [0.2, 0.25) is 0 Å². The van der Waals surface area contributed by atoms with Gasteiger partial charge in [-0.1, -0.05) is 12.1 Å². The molecule has 18 heavy (non-hydrogen) atoms. The van der Waals surface area contributed by atoms with Crippen LogP contribution in [0.5, 0.6) is 0 Å². The van der Waals surface area contributed by atoms with Gasteiger partial charge in [0.25, 0.3) is 0 Å². The highest BCUT2D eigenvalue weighted by molar-refractivity contribution is 5.81. The third kappa shape index (κ3) is 1.48. The number of fused-ring (bicyclic) bond motifs is 1. The van der Waals surface area contributed by atoms with E-state index in [1.807, 2.05) is 6.07 Å². The van der Waals surface area contributed by atoms with Gasteiger partial charge in [-0.3, -0.25) is 4.90 Å². The molecule has 3 rings (SSSR count). The van der Waals surface area contributed by atoms with Gasteiger partial charge in [0.15, 0.2) is 0 Å². The lowest BCUT2D eigenvalue weighted by atomic mass is 10.1. The van der Waals surface area contributed by atoms with Crippen molar-refractivity contribution in [3.8, 4) is 6.07 Å². The zero-order valence-corrected chi connectivity index (χ0v) is 9.97. The van der Waals surface area contributed by atoms with Gasteiger partial charge in [-0.2, -0.15) is 5.26 Å². The Morgan fingerprint density at radius 2 is 2.28 bits per heavy atom.